The SMILES string of the molecule is CNC(C)c1ccc(Oc2ccc(CC#N)cc2)c(Br)c1. The molecule has 0 aliphatic heterocycles. The van der Waals surface area contributed by atoms with Crippen molar-refractivity contribution in [3.05, 3.63) is 58.1 Å². The van der Waals surface area contributed by atoms with Crippen molar-refractivity contribution in [2.45, 2.75) is 19.4 Å². The number of nitriles is 1. The molecule has 1 N–H and O–H groups in total. The van der Waals surface area contributed by atoms with E-state index in [0.717, 1.165) is 21.5 Å². The second kappa shape index (κ2) is 7.26. The lowest BCUT2D eigenvalue weighted by Crippen LogP contribution is -2.12. The Bertz CT molecular complexity index is 647. The van der Waals surface area contributed by atoms with Crippen molar-refractivity contribution < 1.29 is 4.74 Å². The molecular formula is C17H17BrN2O. The van der Waals surface area contributed by atoms with Crippen molar-refractivity contribution in [2.24, 2.45) is 0 Å². The summed E-state index contributed by atoms with van der Waals surface area (Å²) >= 11 is 3.55. The summed E-state index contributed by atoms with van der Waals surface area (Å²) in [6.07, 6.45) is 0.417. The van der Waals surface area contributed by atoms with Gasteiger partial charge in [-0.25, -0.2) is 0 Å². The maximum atomic E-state index is 8.66. The van der Waals surface area contributed by atoms with Gasteiger partial charge in [-0.1, -0.05) is 18.2 Å². The maximum Gasteiger partial charge on any atom is 0.141 e. The topological polar surface area (TPSA) is 45.0 Å². The van der Waals surface area contributed by atoms with Crippen LogP contribution in [0.1, 0.15) is 24.1 Å². The number of hydrogen-bond acceptors (Lipinski definition) is 3. The quantitative estimate of drug-likeness (QED) is 0.862. The van der Waals surface area contributed by atoms with Gasteiger partial charge in [0, 0.05) is 6.04 Å². The van der Waals surface area contributed by atoms with Gasteiger partial charge in [0.1, 0.15) is 11.5 Å². The third kappa shape index (κ3) is 4.07. The fourth-order valence-corrected chi connectivity index (χ4v) is 2.41. The highest BCUT2D eigenvalue weighted by Gasteiger charge is 2.08. The molecule has 0 spiro atoms. The molecule has 2 aromatic carbocycles. The summed E-state index contributed by atoms with van der Waals surface area (Å²) in [6.45, 7) is 2.11. The third-order valence-corrected chi connectivity index (χ3v) is 3.94. The molecule has 4 heteroatoms. The molecule has 0 aromatic heterocycles. The van der Waals surface area contributed by atoms with Gasteiger partial charge in [-0.05, 0) is 65.3 Å². The summed E-state index contributed by atoms with van der Waals surface area (Å²) in [4.78, 5) is 0. The van der Waals surface area contributed by atoms with Crippen molar-refractivity contribution in [1.82, 2.24) is 5.32 Å². The highest BCUT2D eigenvalue weighted by Crippen LogP contribution is 2.32. The van der Waals surface area contributed by atoms with Crippen LogP contribution in [-0.2, 0) is 6.42 Å². The van der Waals surface area contributed by atoms with Gasteiger partial charge in [0.15, 0.2) is 0 Å². The van der Waals surface area contributed by atoms with Crippen molar-refractivity contribution in [1.29, 1.82) is 5.26 Å². The lowest BCUT2D eigenvalue weighted by Gasteiger charge is -2.13. The second-order valence-electron chi connectivity index (χ2n) is 4.78. The van der Waals surface area contributed by atoms with E-state index in [0.29, 0.717) is 12.5 Å². The molecule has 0 saturated heterocycles. The van der Waals surface area contributed by atoms with Crippen LogP contribution in [0, 0.1) is 11.3 Å². The van der Waals surface area contributed by atoms with Gasteiger partial charge in [-0.2, -0.15) is 5.26 Å². The molecular weight excluding hydrogens is 328 g/mol. The number of nitrogens with one attached hydrogen (secondary N) is 1. The Hall–Kier alpha value is -1.83. The molecule has 0 fully saturated rings. The van der Waals surface area contributed by atoms with Gasteiger partial charge in [0.05, 0.1) is 17.0 Å². The van der Waals surface area contributed by atoms with E-state index in [1.54, 1.807) is 0 Å². The zero-order valence-electron chi connectivity index (χ0n) is 12.1. The monoisotopic (exact) mass is 344 g/mol. The predicted molar refractivity (Wildman–Crippen MR) is 87.4 cm³/mol. The van der Waals surface area contributed by atoms with E-state index in [1.165, 1.54) is 5.56 Å². The Balaban J connectivity index is 2.14. The molecule has 2 rings (SSSR count). The zero-order chi connectivity index (χ0) is 15.2. The molecule has 2 aromatic rings. The molecule has 0 aliphatic rings. The van der Waals surface area contributed by atoms with Gasteiger partial charge >= 0.3 is 0 Å². The number of rotatable bonds is 5. The lowest BCUT2D eigenvalue weighted by atomic mass is 10.1. The van der Waals surface area contributed by atoms with Crippen LogP contribution in [0.25, 0.3) is 0 Å². The van der Waals surface area contributed by atoms with E-state index >= 15 is 0 Å². The Morgan fingerprint density at radius 2 is 1.95 bits per heavy atom. The first-order chi connectivity index (χ1) is 10.1. The van der Waals surface area contributed by atoms with E-state index in [2.05, 4.69) is 40.3 Å². The standard InChI is InChI=1S/C17H17BrN2O/c1-12(20-2)14-5-8-17(16(18)11-14)21-15-6-3-13(4-7-15)9-10-19/h3-8,11-12,20H,9H2,1-2H3. The van der Waals surface area contributed by atoms with Gasteiger partial charge in [-0.3, -0.25) is 0 Å². The normalized spacial score (nSPS) is 11.7. The molecule has 0 saturated carbocycles. The average Bonchev–Trinajstić information content (AvgIpc) is 2.50. The number of ether oxygens (including phenoxy) is 1. The molecule has 3 nitrogen and oxygen atoms in total. The van der Waals surface area contributed by atoms with E-state index in [4.69, 9.17) is 10.00 Å². The first kappa shape index (κ1) is 15.6. The van der Waals surface area contributed by atoms with E-state index < -0.39 is 0 Å². The number of halogens is 1. The average molecular weight is 345 g/mol. The van der Waals surface area contributed by atoms with Gasteiger partial charge in [-0.15, -0.1) is 0 Å². The summed E-state index contributed by atoms with van der Waals surface area (Å²) < 4.78 is 6.78. The van der Waals surface area contributed by atoms with Gasteiger partial charge < -0.3 is 10.1 Å². The van der Waals surface area contributed by atoms with Gasteiger partial charge in [0.25, 0.3) is 0 Å². The highest BCUT2D eigenvalue weighted by atomic mass is 79.9. The van der Waals surface area contributed by atoms with Crippen LogP contribution in [0.4, 0.5) is 0 Å². The summed E-state index contributed by atoms with van der Waals surface area (Å²) in [6, 6.07) is 16.1. The molecule has 0 bridgehead atoms. The van der Waals surface area contributed by atoms with E-state index in [9.17, 15) is 0 Å². The smallest absolute Gasteiger partial charge is 0.141 e. The van der Waals surface area contributed by atoms with Crippen LogP contribution in [0.15, 0.2) is 46.9 Å². The van der Waals surface area contributed by atoms with E-state index in [-0.39, 0.29) is 0 Å². The molecule has 1 atom stereocenters. The maximum absolute atomic E-state index is 8.66. The largest absolute Gasteiger partial charge is 0.456 e. The van der Waals surface area contributed by atoms with Crippen LogP contribution in [0.2, 0.25) is 0 Å². The van der Waals surface area contributed by atoms with Crippen molar-refractivity contribution in [3.63, 3.8) is 0 Å². The summed E-state index contributed by atoms with van der Waals surface area (Å²) in [5.41, 5.74) is 2.18. The fourth-order valence-electron chi connectivity index (χ4n) is 1.93. The molecule has 0 aliphatic carbocycles. The Kier molecular flexibility index (Phi) is 5.38. The number of nitrogens with zero attached hydrogens (tertiary/aromatic N) is 1. The summed E-state index contributed by atoms with van der Waals surface area (Å²) in [5, 5.41) is 11.9. The van der Waals surface area contributed by atoms with Crippen LogP contribution in [-0.4, -0.2) is 7.05 Å². The second-order valence-corrected chi connectivity index (χ2v) is 5.64. The van der Waals surface area contributed by atoms with Crippen molar-refractivity contribution >= 4 is 15.9 Å². The first-order valence-electron chi connectivity index (χ1n) is 6.74. The number of hydrogen-bond donors (Lipinski definition) is 1. The third-order valence-electron chi connectivity index (χ3n) is 3.32. The zero-order valence-corrected chi connectivity index (χ0v) is 13.6. The van der Waals surface area contributed by atoms with Crippen LogP contribution < -0.4 is 10.1 Å². The van der Waals surface area contributed by atoms with E-state index in [1.807, 2.05) is 43.4 Å². The van der Waals surface area contributed by atoms with Crippen LogP contribution in [0.5, 0.6) is 11.5 Å². The Morgan fingerprint density at radius 3 is 2.52 bits per heavy atom. The summed E-state index contributed by atoms with van der Waals surface area (Å²) in [7, 11) is 1.94. The van der Waals surface area contributed by atoms with Crippen LogP contribution in [0.3, 0.4) is 0 Å². The Morgan fingerprint density at radius 1 is 1.24 bits per heavy atom. The van der Waals surface area contributed by atoms with Crippen molar-refractivity contribution in [2.75, 3.05) is 7.05 Å². The lowest BCUT2D eigenvalue weighted by molar-refractivity contribution is 0.478. The Labute approximate surface area is 133 Å². The predicted octanol–water partition coefficient (Wildman–Crippen LogP) is 4.59. The fraction of sp³-hybridized carbons (Fsp3) is 0.235. The molecule has 1 unspecified atom stereocenters. The minimum atomic E-state index is 0.292. The van der Waals surface area contributed by atoms with Crippen LogP contribution >= 0.6 is 15.9 Å². The number of benzene rings is 2. The minimum absolute atomic E-state index is 0.292. The first-order valence-corrected chi connectivity index (χ1v) is 7.54. The molecule has 0 amide bonds. The van der Waals surface area contributed by atoms with Crippen molar-refractivity contribution in [3.8, 4) is 17.6 Å². The highest BCUT2D eigenvalue weighted by molar-refractivity contribution is 9.10. The van der Waals surface area contributed by atoms with Gasteiger partial charge in [0.2, 0.25) is 0 Å². The molecule has 0 heterocycles. The molecule has 108 valence electrons. The summed E-state index contributed by atoms with van der Waals surface area (Å²) in [5.74, 6) is 1.53. The minimum Gasteiger partial charge on any atom is -0.456 e. The molecule has 21 heavy (non-hydrogen) atoms. The molecule has 0 radical (unpaired) electrons.